The Kier molecular flexibility index (Phi) is 2.48. The Morgan fingerprint density at radius 1 is 0.944 bits per heavy atom. The molecular weight excluding hydrogens is 230 g/mol. The Labute approximate surface area is 105 Å². The van der Waals surface area contributed by atoms with Gasteiger partial charge in [0.2, 0.25) is 6.79 Å². The van der Waals surface area contributed by atoms with Gasteiger partial charge in [-0.15, -0.1) is 0 Å². The van der Waals surface area contributed by atoms with Crippen LogP contribution in [0, 0.1) is 0 Å². The summed E-state index contributed by atoms with van der Waals surface area (Å²) in [5, 5.41) is 9.28. The molecule has 0 aliphatic carbocycles. The number of aromatic hydroxyl groups is 1. The first-order valence-electron chi connectivity index (χ1n) is 5.66. The lowest BCUT2D eigenvalue weighted by atomic mass is 10.2. The van der Waals surface area contributed by atoms with Crippen molar-refractivity contribution in [2.75, 3.05) is 18.7 Å². The van der Waals surface area contributed by atoms with Crippen molar-refractivity contribution in [1.29, 1.82) is 0 Å². The van der Waals surface area contributed by atoms with Crippen LogP contribution < -0.4 is 14.4 Å². The third kappa shape index (κ3) is 1.82. The maximum absolute atomic E-state index is 9.28. The van der Waals surface area contributed by atoms with Gasteiger partial charge in [0.25, 0.3) is 0 Å². The first-order valence-corrected chi connectivity index (χ1v) is 5.66. The van der Waals surface area contributed by atoms with Gasteiger partial charge in [-0.2, -0.15) is 0 Å². The zero-order valence-corrected chi connectivity index (χ0v) is 9.96. The number of hydrogen-bond donors (Lipinski definition) is 1. The summed E-state index contributed by atoms with van der Waals surface area (Å²) in [6.07, 6.45) is 0. The van der Waals surface area contributed by atoms with Gasteiger partial charge in [0.05, 0.1) is 0 Å². The van der Waals surface area contributed by atoms with Gasteiger partial charge in [-0.05, 0) is 36.4 Å². The molecule has 0 aromatic heterocycles. The minimum Gasteiger partial charge on any atom is -0.508 e. The van der Waals surface area contributed by atoms with Crippen LogP contribution in [-0.4, -0.2) is 18.9 Å². The minimum atomic E-state index is 0.262. The van der Waals surface area contributed by atoms with Crippen LogP contribution in [-0.2, 0) is 0 Å². The van der Waals surface area contributed by atoms with E-state index in [2.05, 4.69) is 0 Å². The summed E-state index contributed by atoms with van der Waals surface area (Å²) in [6, 6.07) is 12.9. The standard InChI is InChI=1S/C14H13NO3/c1-15(10-2-5-12(16)6-3-10)11-4-7-13-14(8-11)18-9-17-13/h2-8,16H,9H2,1H3. The van der Waals surface area contributed by atoms with Crippen LogP contribution in [0.15, 0.2) is 42.5 Å². The number of phenols is 1. The number of phenolic OH excluding ortho intramolecular Hbond substituents is 1. The molecule has 18 heavy (non-hydrogen) atoms. The van der Waals surface area contributed by atoms with Gasteiger partial charge < -0.3 is 19.5 Å². The lowest BCUT2D eigenvalue weighted by molar-refractivity contribution is 0.174. The van der Waals surface area contributed by atoms with Gasteiger partial charge in [-0.1, -0.05) is 0 Å². The molecule has 2 aromatic carbocycles. The van der Waals surface area contributed by atoms with Gasteiger partial charge in [0, 0.05) is 24.5 Å². The smallest absolute Gasteiger partial charge is 0.231 e. The fourth-order valence-electron chi connectivity index (χ4n) is 1.92. The molecule has 4 nitrogen and oxygen atoms in total. The number of nitrogens with zero attached hydrogens (tertiary/aromatic N) is 1. The normalized spacial score (nSPS) is 12.5. The van der Waals surface area contributed by atoms with Crippen LogP contribution in [0.3, 0.4) is 0 Å². The molecule has 3 rings (SSSR count). The highest BCUT2D eigenvalue weighted by molar-refractivity contribution is 5.66. The van der Waals surface area contributed by atoms with Crippen molar-refractivity contribution in [3.05, 3.63) is 42.5 Å². The van der Waals surface area contributed by atoms with E-state index in [9.17, 15) is 5.11 Å². The van der Waals surface area contributed by atoms with Gasteiger partial charge in [-0.25, -0.2) is 0 Å². The third-order valence-electron chi connectivity index (χ3n) is 2.98. The molecule has 0 radical (unpaired) electrons. The predicted molar refractivity (Wildman–Crippen MR) is 68.7 cm³/mol. The largest absolute Gasteiger partial charge is 0.508 e. The molecular formula is C14H13NO3. The van der Waals surface area contributed by atoms with Crippen LogP contribution >= 0.6 is 0 Å². The van der Waals surface area contributed by atoms with E-state index < -0.39 is 0 Å². The van der Waals surface area contributed by atoms with Crippen LogP contribution in [0.25, 0.3) is 0 Å². The van der Waals surface area contributed by atoms with Gasteiger partial charge in [0.15, 0.2) is 11.5 Å². The van der Waals surface area contributed by atoms with E-state index in [0.29, 0.717) is 0 Å². The van der Waals surface area contributed by atoms with Crippen molar-refractivity contribution in [3.8, 4) is 17.2 Å². The zero-order chi connectivity index (χ0) is 12.5. The summed E-state index contributed by atoms with van der Waals surface area (Å²) < 4.78 is 10.6. The summed E-state index contributed by atoms with van der Waals surface area (Å²) in [7, 11) is 1.96. The number of rotatable bonds is 2. The van der Waals surface area contributed by atoms with Crippen LogP contribution in [0.1, 0.15) is 0 Å². The van der Waals surface area contributed by atoms with E-state index >= 15 is 0 Å². The highest BCUT2D eigenvalue weighted by Crippen LogP contribution is 2.37. The summed E-state index contributed by atoms with van der Waals surface area (Å²) in [5.74, 6) is 1.80. The van der Waals surface area contributed by atoms with Crippen molar-refractivity contribution in [3.63, 3.8) is 0 Å². The van der Waals surface area contributed by atoms with Gasteiger partial charge >= 0.3 is 0 Å². The quantitative estimate of drug-likeness (QED) is 0.880. The molecule has 0 atom stereocenters. The molecule has 1 aliphatic heterocycles. The van der Waals surface area contributed by atoms with E-state index in [1.54, 1.807) is 12.1 Å². The molecule has 0 saturated carbocycles. The molecule has 2 aromatic rings. The second kappa shape index (κ2) is 4.14. The highest BCUT2D eigenvalue weighted by Gasteiger charge is 2.15. The first-order chi connectivity index (χ1) is 8.74. The van der Waals surface area contributed by atoms with E-state index in [4.69, 9.17) is 9.47 Å². The topological polar surface area (TPSA) is 41.9 Å². The van der Waals surface area contributed by atoms with Crippen molar-refractivity contribution in [2.45, 2.75) is 0 Å². The van der Waals surface area contributed by atoms with Gasteiger partial charge in [-0.3, -0.25) is 0 Å². The average molecular weight is 243 g/mol. The molecule has 1 heterocycles. The molecule has 92 valence electrons. The predicted octanol–water partition coefficient (Wildman–Crippen LogP) is 2.89. The Morgan fingerprint density at radius 3 is 2.39 bits per heavy atom. The fraction of sp³-hybridized carbons (Fsp3) is 0.143. The summed E-state index contributed by atoms with van der Waals surface area (Å²) in [6.45, 7) is 0.279. The van der Waals surface area contributed by atoms with E-state index in [0.717, 1.165) is 22.9 Å². The second-order valence-corrected chi connectivity index (χ2v) is 4.11. The van der Waals surface area contributed by atoms with E-state index in [1.807, 2.05) is 42.3 Å². The van der Waals surface area contributed by atoms with Crippen molar-refractivity contribution >= 4 is 11.4 Å². The zero-order valence-electron chi connectivity index (χ0n) is 9.96. The molecule has 0 amide bonds. The Morgan fingerprint density at radius 2 is 1.61 bits per heavy atom. The summed E-state index contributed by atoms with van der Waals surface area (Å²) in [4.78, 5) is 2.02. The van der Waals surface area contributed by atoms with Gasteiger partial charge in [0.1, 0.15) is 5.75 Å². The number of hydrogen-bond acceptors (Lipinski definition) is 4. The maximum Gasteiger partial charge on any atom is 0.231 e. The number of fused-ring (bicyclic) bond motifs is 1. The molecule has 4 heteroatoms. The average Bonchev–Trinajstić information content (AvgIpc) is 2.86. The Bertz CT molecular complexity index is 566. The molecule has 0 fully saturated rings. The number of benzene rings is 2. The molecule has 1 N–H and O–H groups in total. The molecule has 0 saturated heterocycles. The van der Waals surface area contributed by atoms with Crippen molar-refractivity contribution < 1.29 is 14.6 Å². The van der Waals surface area contributed by atoms with Crippen molar-refractivity contribution in [2.24, 2.45) is 0 Å². The molecule has 0 spiro atoms. The molecule has 0 bridgehead atoms. The monoisotopic (exact) mass is 243 g/mol. The van der Waals surface area contributed by atoms with Crippen LogP contribution in [0.5, 0.6) is 17.2 Å². The van der Waals surface area contributed by atoms with E-state index in [1.165, 1.54) is 0 Å². The molecule has 0 unspecified atom stereocenters. The SMILES string of the molecule is CN(c1ccc(O)cc1)c1ccc2c(c1)OCO2. The van der Waals surface area contributed by atoms with Crippen LogP contribution in [0.2, 0.25) is 0 Å². The lowest BCUT2D eigenvalue weighted by Gasteiger charge is -2.19. The Balaban J connectivity index is 1.92. The Hall–Kier alpha value is -2.36. The molecule has 1 aliphatic rings. The fourth-order valence-corrected chi connectivity index (χ4v) is 1.92. The van der Waals surface area contributed by atoms with E-state index in [-0.39, 0.29) is 12.5 Å². The maximum atomic E-state index is 9.28. The van der Waals surface area contributed by atoms with Crippen molar-refractivity contribution in [1.82, 2.24) is 0 Å². The number of anilines is 2. The highest BCUT2D eigenvalue weighted by atomic mass is 16.7. The minimum absolute atomic E-state index is 0.262. The first kappa shape index (κ1) is 10.8. The second-order valence-electron chi connectivity index (χ2n) is 4.11. The summed E-state index contributed by atoms with van der Waals surface area (Å²) in [5.41, 5.74) is 2.00. The summed E-state index contributed by atoms with van der Waals surface area (Å²) >= 11 is 0. The number of ether oxygens (including phenoxy) is 2. The van der Waals surface area contributed by atoms with Crippen LogP contribution in [0.4, 0.5) is 11.4 Å². The third-order valence-corrected chi connectivity index (χ3v) is 2.98. The lowest BCUT2D eigenvalue weighted by Crippen LogP contribution is -2.08.